The van der Waals surface area contributed by atoms with Gasteiger partial charge < -0.3 is 15.4 Å². The smallest absolute Gasteiger partial charge is 0.0932 e. The number of benzene rings is 1. The van der Waals surface area contributed by atoms with E-state index in [2.05, 4.69) is 0 Å². The monoisotopic (exact) mass is 190 g/mol. The molecule has 1 heterocycles. The second-order valence-corrected chi connectivity index (χ2v) is 3.46. The number of aliphatic hydroxyl groups is 1. The first kappa shape index (κ1) is 9.24. The molecule has 3 heteroatoms. The number of fused-ring (bicyclic) bond motifs is 1. The van der Waals surface area contributed by atoms with Gasteiger partial charge in [-0.15, -0.1) is 0 Å². The molecule has 0 fully saturated rings. The standard InChI is InChI=1S/C11H14N2O/c1-13-7-9(11(14)6-12)8-4-2-3-5-10(8)13/h2-5,7,11,14H,6,12H2,1H3/t11-/m0/s1. The Labute approximate surface area is 82.8 Å². The molecule has 0 radical (unpaired) electrons. The van der Waals surface area contributed by atoms with Crippen LogP contribution in [0.1, 0.15) is 11.7 Å². The Balaban J connectivity index is 2.66. The molecule has 14 heavy (non-hydrogen) atoms. The van der Waals surface area contributed by atoms with Gasteiger partial charge in [0.15, 0.2) is 0 Å². The van der Waals surface area contributed by atoms with Gasteiger partial charge in [0, 0.05) is 36.3 Å². The summed E-state index contributed by atoms with van der Waals surface area (Å²) in [6.45, 7) is 0.258. The van der Waals surface area contributed by atoms with Gasteiger partial charge in [-0.05, 0) is 6.07 Å². The van der Waals surface area contributed by atoms with Crippen LogP contribution < -0.4 is 5.73 Å². The van der Waals surface area contributed by atoms with E-state index in [9.17, 15) is 5.11 Å². The summed E-state index contributed by atoms with van der Waals surface area (Å²) in [5.74, 6) is 0. The molecule has 0 unspecified atom stereocenters. The van der Waals surface area contributed by atoms with Crippen molar-refractivity contribution in [2.75, 3.05) is 6.54 Å². The fourth-order valence-electron chi connectivity index (χ4n) is 1.77. The summed E-state index contributed by atoms with van der Waals surface area (Å²) in [4.78, 5) is 0. The van der Waals surface area contributed by atoms with Gasteiger partial charge in [-0.1, -0.05) is 18.2 Å². The third kappa shape index (κ3) is 1.31. The first-order chi connectivity index (χ1) is 6.74. The zero-order valence-corrected chi connectivity index (χ0v) is 8.14. The Morgan fingerprint density at radius 2 is 2.14 bits per heavy atom. The highest BCUT2D eigenvalue weighted by molar-refractivity contribution is 5.84. The summed E-state index contributed by atoms with van der Waals surface area (Å²) in [7, 11) is 1.97. The van der Waals surface area contributed by atoms with Crippen molar-refractivity contribution in [3.05, 3.63) is 36.0 Å². The van der Waals surface area contributed by atoms with Crippen molar-refractivity contribution in [1.29, 1.82) is 0 Å². The van der Waals surface area contributed by atoms with E-state index in [1.54, 1.807) is 0 Å². The molecule has 0 aliphatic carbocycles. The van der Waals surface area contributed by atoms with E-state index in [0.717, 1.165) is 16.5 Å². The van der Waals surface area contributed by atoms with Gasteiger partial charge in [-0.2, -0.15) is 0 Å². The van der Waals surface area contributed by atoms with Crippen molar-refractivity contribution < 1.29 is 5.11 Å². The predicted octanol–water partition coefficient (Wildman–Crippen LogP) is 1.17. The van der Waals surface area contributed by atoms with E-state index in [-0.39, 0.29) is 6.54 Å². The zero-order valence-electron chi connectivity index (χ0n) is 8.14. The van der Waals surface area contributed by atoms with Crippen LogP contribution in [0.15, 0.2) is 30.5 Å². The molecule has 0 saturated heterocycles. The van der Waals surface area contributed by atoms with Crippen molar-refractivity contribution in [1.82, 2.24) is 4.57 Å². The van der Waals surface area contributed by atoms with E-state index >= 15 is 0 Å². The second kappa shape index (κ2) is 3.44. The molecule has 3 N–H and O–H groups in total. The maximum Gasteiger partial charge on any atom is 0.0932 e. The maximum absolute atomic E-state index is 9.70. The molecule has 0 bridgehead atoms. The highest BCUT2D eigenvalue weighted by Gasteiger charge is 2.12. The quantitative estimate of drug-likeness (QED) is 0.747. The van der Waals surface area contributed by atoms with Crippen LogP contribution in [-0.4, -0.2) is 16.2 Å². The Morgan fingerprint density at radius 1 is 1.43 bits per heavy atom. The van der Waals surface area contributed by atoms with Crippen molar-refractivity contribution in [3.8, 4) is 0 Å². The normalized spacial score (nSPS) is 13.4. The number of para-hydroxylation sites is 1. The van der Waals surface area contributed by atoms with E-state index in [0.29, 0.717) is 0 Å². The molecule has 0 aliphatic heterocycles. The first-order valence-corrected chi connectivity index (χ1v) is 4.66. The lowest BCUT2D eigenvalue weighted by Gasteiger charge is -2.04. The molecule has 0 aliphatic rings. The molecule has 1 aromatic heterocycles. The molecular formula is C11H14N2O. The maximum atomic E-state index is 9.70. The van der Waals surface area contributed by atoms with Crippen LogP contribution in [-0.2, 0) is 7.05 Å². The van der Waals surface area contributed by atoms with Gasteiger partial charge in [-0.25, -0.2) is 0 Å². The van der Waals surface area contributed by atoms with Gasteiger partial charge in [0.25, 0.3) is 0 Å². The Kier molecular flexibility index (Phi) is 2.27. The molecule has 2 rings (SSSR count). The highest BCUT2D eigenvalue weighted by atomic mass is 16.3. The minimum absolute atomic E-state index is 0.258. The summed E-state index contributed by atoms with van der Waals surface area (Å²) in [6, 6.07) is 7.99. The van der Waals surface area contributed by atoms with E-state index in [1.165, 1.54) is 0 Å². The molecule has 0 saturated carbocycles. The number of aliphatic hydroxyl groups excluding tert-OH is 1. The Morgan fingerprint density at radius 3 is 2.86 bits per heavy atom. The minimum atomic E-state index is -0.568. The first-order valence-electron chi connectivity index (χ1n) is 4.66. The number of nitrogens with zero attached hydrogens (tertiary/aromatic N) is 1. The lowest BCUT2D eigenvalue weighted by Crippen LogP contribution is -2.10. The van der Waals surface area contributed by atoms with Crippen LogP contribution >= 0.6 is 0 Å². The lowest BCUT2D eigenvalue weighted by atomic mass is 10.1. The van der Waals surface area contributed by atoms with E-state index < -0.39 is 6.10 Å². The number of hydrogen-bond donors (Lipinski definition) is 2. The predicted molar refractivity (Wildman–Crippen MR) is 56.9 cm³/mol. The average Bonchev–Trinajstić information content (AvgIpc) is 2.56. The van der Waals surface area contributed by atoms with Gasteiger partial charge >= 0.3 is 0 Å². The molecule has 2 aromatic rings. The SMILES string of the molecule is Cn1cc([C@@H](O)CN)c2ccccc21. The molecule has 0 spiro atoms. The summed E-state index contributed by atoms with van der Waals surface area (Å²) >= 11 is 0. The number of rotatable bonds is 2. The Bertz CT molecular complexity index is 447. The zero-order chi connectivity index (χ0) is 10.1. The molecule has 3 nitrogen and oxygen atoms in total. The summed E-state index contributed by atoms with van der Waals surface area (Å²) in [5.41, 5.74) is 7.47. The van der Waals surface area contributed by atoms with Crippen LogP contribution in [0.4, 0.5) is 0 Å². The topological polar surface area (TPSA) is 51.2 Å². The van der Waals surface area contributed by atoms with Crippen molar-refractivity contribution >= 4 is 10.9 Å². The Hall–Kier alpha value is -1.32. The number of aromatic nitrogens is 1. The third-order valence-corrected chi connectivity index (χ3v) is 2.51. The van der Waals surface area contributed by atoms with Crippen molar-refractivity contribution in [2.24, 2.45) is 12.8 Å². The third-order valence-electron chi connectivity index (χ3n) is 2.51. The van der Waals surface area contributed by atoms with E-state index in [4.69, 9.17) is 5.73 Å². The van der Waals surface area contributed by atoms with E-state index in [1.807, 2.05) is 42.1 Å². The van der Waals surface area contributed by atoms with Crippen molar-refractivity contribution in [3.63, 3.8) is 0 Å². The molecule has 1 aromatic carbocycles. The van der Waals surface area contributed by atoms with Gasteiger partial charge in [-0.3, -0.25) is 0 Å². The summed E-state index contributed by atoms with van der Waals surface area (Å²) in [5, 5.41) is 10.8. The second-order valence-electron chi connectivity index (χ2n) is 3.46. The average molecular weight is 190 g/mol. The van der Waals surface area contributed by atoms with Gasteiger partial charge in [0.2, 0.25) is 0 Å². The fourth-order valence-corrected chi connectivity index (χ4v) is 1.77. The fraction of sp³-hybridized carbons (Fsp3) is 0.273. The van der Waals surface area contributed by atoms with Gasteiger partial charge in [0.1, 0.15) is 0 Å². The highest BCUT2D eigenvalue weighted by Crippen LogP contribution is 2.24. The summed E-state index contributed by atoms with van der Waals surface area (Å²) in [6.07, 6.45) is 1.36. The van der Waals surface area contributed by atoms with Crippen LogP contribution in [0.3, 0.4) is 0 Å². The summed E-state index contributed by atoms with van der Waals surface area (Å²) < 4.78 is 2.00. The lowest BCUT2D eigenvalue weighted by molar-refractivity contribution is 0.188. The largest absolute Gasteiger partial charge is 0.387 e. The molecular weight excluding hydrogens is 176 g/mol. The molecule has 1 atom stereocenters. The molecule has 0 amide bonds. The van der Waals surface area contributed by atoms with Crippen LogP contribution in [0.25, 0.3) is 10.9 Å². The van der Waals surface area contributed by atoms with Crippen LogP contribution in [0.2, 0.25) is 0 Å². The minimum Gasteiger partial charge on any atom is -0.387 e. The molecule has 74 valence electrons. The van der Waals surface area contributed by atoms with Crippen LogP contribution in [0.5, 0.6) is 0 Å². The number of nitrogens with two attached hydrogens (primary N) is 1. The van der Waals surface area contributed by atoms with Crippen LogP contribution in [0, 0.1) is 0 Å². The number of aryl methyl sites for hydroxylation is 1. The van der Waals surface area contributed by atoms with Gasteiger partial charge in [0.05, 0.1) is 6.10 Å². The number of hydrogen-bond acceptors (Lipinski definition) is 2. The van der Waals surface area contributed by atoms with Crippen molar-refractivity contribution in [2.45, 2.75) is 6.10 Å².